The lowest BCUT2D eigenvalue weighted by Crippen LogP contribution is -2.44. The minimum atomic E-state index is -0.245. The van der Waals surface area contributed by atoms with Crippen molar-refractivity contribution in [1.82, 2.24) is 9.97 Å². The van der Waals surface area contributed by atoms with Crippen molar-refractivity contribution < 1.29 is 4.39 Å². The Balaban J connectivity index is 1.96. The fourth-order valence-electron chi connectivity index (χ4n) is 3.28. The molecule has 98 valence electrons. The maximum atomic E-state index is 14.3. The van der Waals surface area contributed by atoms with Gasteiger partial charge in [-0.3, -0.25) is 0 Å². The smallest absolute Gasteiger partial charge is 0.187 e. The second-order valence-corrected chi connectivity index (χ2v) is 5.79. The number of alkyl halides is 1. The van der Waals surface area contributed by atoms with Gasteiger partial charge in [-0.05, 0) is 32.1 Å². The largest absolute Gasteiger partial charge is 0.348 e. The third-order valence-electron chi connectivity index (χ3n) is 4.10. The number of fused-ring (bicyclic) bond motifs is 2. The molecule has 5 heteroatoms. The predicted molar refractivity (Wildman–Crippen MR) is 69.5 cm³/mol. The van der Waals surface area contributed by atoms with E-state index in [0.29, 0.717) is 30.0 Å². The normalized spacial score (nSPS) is 30.8. The van der Waals surface area contributed by atoms with E-state index in [0.717, 1.165) is 25.7 Å². The molecule has 2 fully saturated rings. The van der Waals surface area contributed by atoms with Crippen LogP contribution in [0.5, 0.6) is 0 Å². The van der Waals surface area contributed by atoms with Crippen molar-refractivity contribution in [2.75, 3.05) is 4.90 Å². The van der Waals surface area contributed by atoms with Crippen LogP contribution in [-0.2, 0) is 6.42 Å². The van der Waals surface area contributed by atoms with Crippen molar-refractivity contribution in [3.63, 3.8) is 0 Å². The molecule has 0 radical (unpaired) electrons. The Morgan fingerprint density at radius 3 is 2.61 bits per heavy atom. The van der Waals surface area contributed by atoms with Gasteiger partial charge in [0.05, 0.1) is 5.69 Å². The molecule has 0 amide bonds. The van der Waals surface area contributed by atoms with Gasteiger partial charge in [-0.15, -0.1) is 11.6 Å². The van der Waals surface area contributed by atoms with Crippen molar-refractivity contribution in [2.24, 2.45) is 0 Å². The molecule has 2 aliphatic rings. The van der Waals surface area contributed by atoms with E-state index in [2.05, 4.69) is 14.9 Å². The van der Waals surface area contributed by atoms with Crippen molar-refractivity contribution in [1.29, 1.82) is 0 Å². The van der Waals surface area contributed by atoms with Crippen molar-refractivity contribution in [3.05, 3.63) is 17.8 Å². The van der Waals surface area contributed by atoms with Crippen LogP contribution in [-0.4, -0.2) is 27.4 Å². The van der Waals surface area contributed by atoms with Gasteiger partial charge in [-0.25, -0.2) is 14.4 Å². The molecule has 2 unspecified atom stereocenters. The number of nitrogens with zero attached hydrogens (tertiary/aromatic N) is 3. The zero-order chi connectivity index (χ0) is 12.7. The zero-order valence-electron chi connectivity index (χ0n) is 10.4. The molecule has 0 aromatic carbocycles. The van der Waals surface area contributed by atoms with Gasteiger partial charge in [-0.2, -0.15) is 0 Å². The standard InChI is InChI=1S/C13H17ClFN3/c1-2-11-12(15)13(17-7-16-11)18-9-3-4-10(18)6-8(14)5-9/h7-10H,2-6H2,1H3. The molecule has 18 heavy (non-hydrogen) atoms. The molecule has 2 saturated heterocycles. The third kappa shape index (κ3) is 1.87. The monoisotopic (exact) mass is 269 g/mol. The number of halogens is 2. The molecular formula is C13H17ClFN3. The lowest BCUT2D eigenvalue weighted by molar-refractivity contribution is 0.457. The van der Waals surface area contributed by atoms with Crippen LogP contribution in [0.4, 0.5) is 10.2 Å². The van der Waals surface area contributed by atoms with Crippen LogP contribution in [0.1, 0.15) is 38.3 Å². The lowest BCUT2D eigenvalue weighted by Gasteiger charge is -2.38. The maximum Gasteiger partial charge on any atom is 0.187 e. The van der Waals surface area contributed by atoms with Gasteiger partial charge in [0.15, 0.2) is 11.6 Å². The summed E-state index contributed by atoms with van der Waals surface area (Å²) in [6, 6.07) is 0.695. The Morgan fingerprint density at radius 2 is 2.00 bits per heavy atom. The number of hydrogen-bond acceptors (Lipinski definition) is 3. The van der Waals surface area contributed by atoms with E-state index in [9.17, 15) is 4.39 Å². The fraction of sp³-hybridized carbons (Fsp3) is 0.692. The summed E-state index contributed by atoms with van der Waals surface area (Å²) in [4.78, 5) is 10.3. The Kier molecular flexibility index (Phi) is 3.14. The minimum Gasteiger partial charge on any atom is -0.348 e. The number of piperidine rings is 1. The first-order valence-corrected chi connectivity index (χ1v) is 7.06. The number of aryl methyl sites for hydroxylation is 1. The SMILES string of the molecule is CCc1ncnc(N2C3CCC2CC(Cl)C3)c1F. The van der Waals surface area contributed by atoms with Crippen molar-refractivity contribution in [3.8, 4) is 0 Å². The minimum absolute atomic E-state index is 0.231. The summed E-state index contributed by atoms with van der Waals surface area (Å²) in [6.07, 6.45) is 6.13. The Morgan fingerprint density at radius 1 is 1.33 bits per heavy atom. The summed E-state index contributed by atoms with van der Waals surface area (Å²) >= 11 is 6.24. The van der Waals surface area contributed by atoms with Crippen molar-refractivity contribution in [2.45, 2.75) is 56.5 Å². The molecular weight excluding hydrogens is 253 g/mol. The Hall–Kier alpha value is -0.900. The first-order valence-electron chi connectivity index (χ1n) is 6.62. The number of hydrogen-bond donors (Lipinski definition) is 0. The molecule has 1 aromatic heterocycles. The molecule has 0 spiro atoms. The van der Waals surface area contributed by atoms with E-state index in [1.807, 2.05) is 6.92 Å². The van der Waals surface area contributed by atoms with Gasteiger partial charge in [0.25, 0.3) is 0 Å². The summed E-state index contributed by atoms with van der Waals surface area (Å²) in [7, 11) is 0. The van der Waals surface area contributed by atoms with Crippen LogP contribution in [0.25, 0.3) is 0 Å². The first-order chi connectivity index (χ1) is 8.70. The van der Waals surface area contributed by atoms with E-state index in [1.165, 1.54) is 6.33 Å². The molecule has 0 saturated carbocycles. The highest BCUT2D eigenvalue weighted by atomic mass is 35.5. The van der Waals surface area contributed by atoms with Crippen LogP contribution in [0, 0.1) is 5.82 Å². The molecule has 3 rings (SSSR count). The van der Waals surface area contributed by atoms with Gasteiger partial charge < -0.3 is 4.90 Å². The number of anilines is 1. The van der Waals surface area contributed by atoms with Gasteiger partial charge in [0.2, 0.25) is 0 Å². The molecule has 3 heterocycles. The number of aromatic nitrogens is 2. The third-order valence-corrected chi connectivity index (χ3v) is 4.45. The quantitative estimate of drug-likeness (QED) is 0.773. The van der Waals surface area contributed by atoms with Crippen LogP contribution in [0.3, 0.4) is 0 Å². The van der Waals surface area contributed by atoms with Crippen LogP contribution < -0.4 is 4.90 Å². The average Bonchev–Trinajstić information content (AvgIpc) is 2.62. The van der Waals surface area contributed by atoms with E-state index in [-0.39, 0.29) is 11.2 Å². The van der Waals surface area contributed by atoms with Gasteiger partial charge in [0.1, 0.15) is 6.33 Å². The van der Waals surface area contributed by atoms with E-state index >= 15 is 0 Å². The Labute approximate surface area is 111 Å². The first kappa shape index (κ1) is 12.2. The lowest BCUT2D eigenvalue weighted by atomic mass is 10.0. The molecule has 2 aliphatic heterocycles. The maximum absolute atomic E-state index is 14.3. The molecule has 1 aromatic rings. The van der Waals surface area contributed by atoms with Crippen molar-refractivity contribution >= 4 is 17.4 Å². The number of rotatable bonds is 2. The zero-order valence-corrected chi connectivity index (χ0v) is 11.2. The summed E-state index contributed by atoms with van der Waals surface area (Å²) in [5.41, 5.74) is 0.507. The molecule has 2 bridgehead atoms. The molecule has 0 N–H and O–H groups in total. The van der Waals surface area contributed by atoms with Crippen LogP contribution >= 0.6 is 11.6 Å². The van der Waals surface area contributed by atoms with E-state index < -0.39 is 0 Å². The Bertz CT molecular complexity index is 440. The molecule has 0 aliphatic carbocycles. The van der Waals surface area contributed by atoms with E-state index in [4.69, 9.17) is 11.6 Å². The topological polar surface area (TPSA) is 29.0 Å². The van der Waals surface area contributed by atoms with Gasteiger partial charge in [-0.1, -0.05) is 6.92 Å². The summed E-state index contributed by atoms with van der Waals surface area (Å²) in [5.74, 6) is 0.239. The highest BCUT2D eigenvalue weighted by Crippen LogP contribution is 2.41. The highest BCUT2D eigenvalue weighted by Gasteiger charge is 2.42. The fourth-order valence-corrected chi connectivity index (χ4v) is 3.69. The predicted octanol–water partition coefficient (Wildman–Crippen LogP) is 2.92. The summed E-state index contributed by atoms with van der Waals surface area (Å²) in [6.45, 7) is 1.91. The van der Waals surface area contributed by atoms with Crippen LogP contribution in [0.15, 0.2) is 6.33 Å². The second kappa shape index (κ2) is 4.65. The molecule has 2 atom stereocenters. The average molecular weight is 270 g/mol. The molecule has 3 nitrogen and oxygen atoms in total. The van der Waals surface area contributed by atoms with Gasteiger partial charge in [0, 0.05) is 17.5 Å². The van der Waals surface area contributed by atoms with Crippen LogP contribution in [0.2, 0.25) is 0 Å². The summed E-state index contributed by atoms with van der Waals surface area (Å²) < 4.78 is 14.3. The highest BCUT2D eigenvalue weighted by molar-refractivity contribution is 6.20. The van der Waals surface area contributed by atoms with Gasteiger partial charge >= 0.3 is 0 Å². The summed E-state index contributed by atoms with van der Waals surface area (Å²) in [5, 5.41) is 0.231. The second-order valence-electron chi connectivity index (χ2n) is 5.17. The van der Waals surface area contributed by atoms with E-state index in [1.54, 1.807) is 0 Å².